The van der Waals surface area contributed by atoms with Crippen molar-refractivity contribution in [2.45, 2.75) is 88.4 Å². The summed E-state index contributed by atoms with van der Waals surface area (Å²) in [6.07, 6.45) is 15.4. The van der Waals surface area contributed by atoms with Gasteiger partial charge in [-0.2, -0.15) is 0 Å². The summed E-state index contributed by atoms with van der Waals surface area (Å²) in [6, 6.07) is 0. The van der Waals surface area contributed by atoms with Gasteiger partial charge in [0.2, 0.25) is 0 Å². The summed E-state index contributed by atoms with van der Waals surface area (Å²) in [4.78, 5) is 0. The second-order valence-electron chi connectivity index (χ2n) is 8.86. The third-order valence-corrected chi connectivity index (χ3v) is 30.7. The summed E-state index contributed by atoms with van der Waals surface area (Å²) in [5.41, 5.74) is 6.84. The fraction of sp³-hybridized carbons (Fsp3) is 0.636. The van der Waals surface area contributed by atoms with Gasteiger partial charge in [0.25, 0.3) is 0 Å². The Morgan fingerprint density at radius 2 is 1.12 bits per heavy atom. The van der Waals surface area contributed by atoms with Gasteiger partial charge in [-0.25, -0.2) is 0 Å². The zero-order valence-electron chi connectivity index (χ0n) is 17.8. The molecule has 0 spiro atoms. The molecule has 0 aromatic rings. The molecule has 2 aliphatic rings. The molecule has 26 heavy (non-hydrogen) atoms. The van der Waals surface area contributed by atoms with E-state index in [1.54, 1.807) is 22.3 Å². The molecule has 0 nitrogen and oxygen atoms in total. The number of halogens is 2. The van der Waals surface area contributed by atoms with Crippen molar-refractivity contribution in [2.24, 2.45) is 0 Å². The molecule has 0 heterocycles. The Labute approximate surface area is 177 Å². The molecule has 0 unspecified atom stereocenters. The normalized spacial score (nSPS) is 17.8. The van der Waals surface area contributed by atoms with Gasteiger partial charge in [-0.1, -0.05) is 0 Å². The van der Waals surface area contributed by atoms with Crippen LogP contribution in [0.3, 0.4) is 0 Å². The Balaban J connectivity index is 0.00000312. The van der Waals surface area contributed by atoms with E-state index in [1.807, 2.05) is 6.66 Å². The Kier molecular flexibility index (Phi) is 10.7. The van der Waals surface area contributed by atoms with Crippen LogP contribution in [0, 0.1) is 0 Å². The third kappa shape index (κ3) is 5.36. The zero-order valence-corrected chi connectivity index (χ0v) is 24.5. The largest absolute Gasteiger partial charge is 0.147 e. The van der Waals surface area contributed by atoms with E-state index in [0.29, 0.717) is 0 Å². The van der Waals surface area contributed by atoms with Crippen LogP contribution < -0.4 is 0 Å². The first-order chi connectivity index (χ1) is 11.3. The van der Waals surface area contributed by atoms with Crippen molar-refractivity contribution in [1.29, 1.82) is 0 Å². The van der Waals surface area contributed by atoms with Crippen LogP contribution >= 0.6 is 24.8 Å². The monoisotopic (exact) mass is 582 g/mol. The van der Waals surface area contributed by atoms with Crippen LogP contribution in [0.25, 0.3) is 0 Å². The Morgan fingerprint density at radius 3 is 1.38 bits per heavy atom. The molecular formula is C22H40Cl2HfSi. The van der Waals surface area contributed by atoms with Crippen LogP contribution in [0.5, 0.6) is 0 Å². The Morgan fingerprint density at radius 1 is 0.769 bits per heavy atom. The first kappa shape index (κ1) is 26.6. The molecule has 0 aliphatic heterocycles. The van der Waals surface area contributed by atoms with Crippen molar-refractivity contribution in [2.75, 3.05) is 0 Å². The summed E-state index contributed by atoms with van der Waals surface area (Å²) in [7, 11) is 0. The van der Waals surface area contributed by atoms with Crippen LogP contribution in [-0.2, 0) is 17.1 Å². The van der Waals surface area contributed by atoms with Crippen LogP contribution in [0.4, 0.5) is 0 Å². The molecule has 150 valence electrons. The predicted octanol–water partition coefficient (Wildman–Crippen LogP) is 7.75. The molecule has 0 N–H and O–H groups in total. The van der Waals surface area contributed by atoms with E-state index < -0.39 is 17.1 Å². The van der Waals surface area contributed by atoms with Gasteiger partial charge in [0.05, 0.1) is 0 Å². The van der Waals surface area contributed by atoms with Gasteiger partial charge in [-0.05, 0) is 0 Å². The van der Waals surface area contributed by atoms with E-state index in [2.05, 4.69) is 56.1 Å². The number of hydrogen-bond donors (Lipinski definition) is 0. The average Bonchev–Trinajstić information content (AvgIpc) is 3.12. The van der Waals surface area contributed by atoms with Crippen LogP contribution in [-0.4, -0.2) is 6.94 Å². The second kappa shape index (κ2) is 10.4. The van der Waals surface area contributed by atoms with Gasteiger partial charge in [-0.15, -0.1) is 24.8 Å². The minimum Gasteiger partial charge on any atom is -0.147 e. The standard InChI is InChI=1S/2C10H15.2CH3.2ClH.Hf.H2Si/c2*1-3-5-10-7-6-9(4-2)8-10;;;;;;/h2*8H,3-5,7H2,1-2H3;2*1H3;2*1H;;1H2. The molecule has 0 aromatic heterocycles. The summed E-state index contributed by atoms with van der Waals surface area (Å²) < 4.78 is 9.31. The first-order valence-corrected chi connectivity index (χ1v) is 29.3. The Bertz CT molecular complexity index is 648. The summed E-state index contributed by atoms with van der Waals surface area (Å²) in [5, 5.41) is 0. The zero-order chi connectivity index (χ0) is 18.0. The molecule has 0 fully saturated rings. The van der Waals surface area contributed by atoms with Crippen molar-refractivity contribution < 1.29 is 17.1 Å². The summed E-state index contributed by atoms with van der Waals surface area (Å²) >= 11 is -3.14. The van der Waals surface area contributed by atoms with Crippen LogP contribution in [0.2, 0.25) is 9.36 Å². The van der Waals surface area contributed by atoms with Gasteiger partial charge in [0, 0.05) is 0 Å². The molecule has 2 aliphatic carbocycles. The van der Waals surface area contributed by atoms with E-state index in [1.165, 1.54) is 51.4 Å². The van der Waals surface area contributed by atoms with Gasteiger partial charge in [0.15, 0.2) is 0 Å². The molecule has 0 bridgehead atoms. The van der Waals surface area contributed by atoms with E-state index >= 15 is 0 Å². The second-order valence-corrected chi connectivity index (χ2v) is 49.9. The maximum Gasteiger partial charge on any atom is -0.147 e. The molecule has 0 aromatic carbocycles. The van der Waals surface area contributed by atoms with Gasteiger partial charge >= 0.3 is 154 Å². The van der Waals surface area contributed by atoms with Crippen LogP contribution in [0.15, 0.2) is 41.1 Å². The van der Waals surface area contributed by atoms with Crippen molar-refractivity contribution in [3.05, 3.63) is 41.1 Å². The average molecular weight is 582 g/mol. The number of rotatable bonds is 8. The maximum atomic E-state index is 2.73. The van der Waals surface area contributed by atoms with Gasteiger partial charge in [-0.3, -0.25) is 0 Å². The fourth-order valence-electron chi connectivity index (χ4n) is 4.82. The van der Waals surface area contributed by atoms with Crippen molar-refractivity contribution >= 4 is 31.8 Å². The molecule has 0 saturated carbocycles. The number of hydrogen-bond acceptors (Lipinski definition) is 0. The molecule has 0 radical (unpaired) electrons. The van der Waals surface area contributed by atoms with Crippen molar-refractivity contribution in [1.82, 2.24) is 0 Å². The Hall–Kier alpha value is 0.627. The molecular weight excluding hydrogens is 542 g/mol. The summed E-state index contributed by atoms with van der Waals surface area (Å²) in [6.45, 7) is 11.8. The molecule has 4 heteroatoms. The van der Waals surface area contributed by atoms with Crippen molar-refractivity contribution in [3.8, 4) is 0 Å². The van der Waals surface area contributed by atoms with E-state index in [9.17, 15) is 0 Å². The van der Waals surface area contributed by atoms with E-state index in [0.717, 1.165) is 0 Å². The first-order valence-electron chi connectivity index (χ1n) is 10.2. The van der Waals surface area contributed by atoms with Gasteiger partial charge < -0.3 is 0 Å². The topological polar surface area (TPSA) is 0 Å². The SMILES string of the molecule is CCCC1=CC(CC)=[C]([Hf]([CH3])([CH3])(=[SiH2])[C]2=C(CC)C=C(CCC)C2)C1.Cl.Cl. The van der Waals surface area contributed by atoms with E-state index in [4.69, 9.17) is 0 Å². The molecule has 0 saturated heterocycles. The van der Waals surface area contributed by atoms with Crippen molar-refractivity contribution in [3.63, 3.8) is 0 Å². The predicted molar refractivity (Wildman–Crippen MR) is 125 cm³/mol. The summed E-state index contributed by atoms with van der Waals surface area (Å²) in [5.74, 6) is 0. The van der Waals surface area contributed by atoms with E-state index in [-0.39, 0.29) is 24.8 Å². The number of allylic oxidation sites excluding steroid dienone is 8. The smallest absolute Gasteiger partial charge is 0.147 e. The fourth-order valence-corrected chi connectivity index (χ4v) is 26.8. The minimum absolute atomic E-state index is 0. The van der Waals surface area contributed by atoms with Gasteiger partial charge in [0.1, 0.15) is 0 Å². The molecule has 0 atom stereocenters. The molecule has 2 rings (SSSR count). The maximum absolute atomic E-state index is 3.14. The van der Waals surface area contributed by atoms with Crippen LogP contribution in [0.1, 0.15) is 79.1 Å². The third-order valence-electron chi connectivity index (χ3n) is 6.18. The minimum atomic E-state index is -3.14. The molecule has 0 amide bonds. The quantitative estimate of drug-likeness (QED) is 0.257.